The highest BCUT2D eigenvalue weighted by molar-refractivity contribution is 7.80. The molecule has 0 saturated carbocycles. The normalized spacial score (nSPS) is 17.3. The smallest absolute Gasteiger partial charge is 0.258 e. The standard InChI is InChI=1S/C25H24N4O3S/c1-4-12-29-15(3)21(22(26-25(29)33)17-8-6-16(5-2)7-9-17)24-27-23(28-32-24)18-10-11-19-20(13-18)31-14-30-19/h4,6-11,13,22H,1,5,12,14H2,2-3H3,(H,26,33). The molecule has 0 amide bonds. The number of rotatable bonds is 6. The highest BCUT2D eigenvalue weighted by Crippen LogP contribution is 2.39. The fourth-order valence-electron chi connectivity index (χ4n) is 4.09. The molecule has 2 aromatic carbocycles. The van der Waals surface area contributed by atoms with Crippen LogP contribution < -0.4 is 14.8 Å². The average molecular weight is 461 g/mol. The second-order valence-corrected chi connectivity index (χ2v) is 8.25. The molecule has 7 nitrogen and oxygen atoms in total. The molecule has 0 aliphatic carbocycles. The Morgan fingerprint density at radius 2 is 1.97 bits per heavy atom. The Kier molecular flexibility index (Phi) is 5.60. The number of thiocarbonyl (C=S) groups is 1. The van der Waals surface area contributed by atoms with Crippen LogP contribution in [0.15, 0.2) is 65.3 Å². The van der Waals surface area contributed by atoms with Crippen LogP contribution >= 0.6 is 12.2 Å². The van der Waals surface area contributed by atoms with Crippen LogP contribution in [0, 0.1) is 0 Å². The Labute approximate surface area is 197 Å². The van der Waals surface area contributed by atoms with Gasteiger partial charge in [0, 0.05) is 17.8 Å². The van der Waals surface area contributed by atoms with E-state index in [0.29, 0.717) is 34.9 Å². The number of ether oxygens (including phenoxy) is 2. The molecule has 3 heterocycles. The Morgan fingerprint density at radius 1 is 1.18 bits per heavy atom. The molecule has 33 heavy (non-hydrogen) atoms. The average Bonchev–Trinajstić information content (AvgIpc) is 3.50. The highest BCUT2D eigenvalue weighted by Gasteiger charge is 2.33. The number of nitrogens with one attached hydrogen (secondary N) is 1. The maximum Gasteiger partial charge on any atom is 0.258 e. The molecule has 0 spiro atoms. The van der Waals surface area contributed by atoms with Crippen LogP contribution in [-0.2, 0) is 6.42 Å². The lowest BCUT2D eigenvalue weighted by Gasteiger charge is -2.36. The van der Waals surface area contributed by atoms with E-state index in [1.54, 1.807) is 0 Å². The van der Waals surface area contributed by atoms with Crippen LogP contribution in [0.5, 0.6) is 11.5 Å². The molecule has 0 saturated heterocycles. The van der Waals surface area contributed by atoms with E-state index in [1.807, 2.05) is 36.1 Å². The maximum absolute atomic E-state index is 5.78. The van der Waals surface area contributed by atoms with E-state index in [2.05, 4.69) is 48.2 Å². The van der Waals surface area contributed by atoms with Crippen molar-refractivity contribution in [2.45, 2.75) is 26.3 Å². The van der Waals surface area contributed by atoms with Crippen molar-refractivity contribution < 1.29 is 14.0 Å². The van der Waals surface area contributed by atoms with E-state index in [-0.39, 0.29) is 12.8 Å². The van der Waals surface area contributed by atoms with Crippen LogP contribution in [-0.4, -0.2) is 33.5 Å². The van der Waals surface area contributed by atoms with Crippen molar-refractivity contribution in [3.05, 3.63) is 77.8 Å². The summed E-state index contributed by atoms with van der Waals surface area (Å²) in [5, 5.41) is 8.34. The molecule has 1 unspecified atom stereocenters. The van der Waals surface area contributed by atoms with E-state index in [9.17, 15) is 0 Å². The van der Waals surface area contributed by atoms with Gasteiger partial charge in [-0.1, -0.05) is 42.4 Å². The molecule has 1 atom stereocenters. The van der Waals surface area contributed by atoms with Gasteiger partial charge in [0.05, 0.1) is 11.6 Å². The largest absolute Gasteiger partial charge is 0.454 e. The predicted molar refractivity (Wildman–Crippen MR) is 130 cm³/mol. The summed E-state index contributed by atoms with van der Waals surface area (Å²) in [6, 6.07) is 13.9. The minimum Gasteiger partial charge on any atom is -0.454 e. The van der Waals surface area contributed by atoms with Gasteiger partial charge in [-0.2, -0.15) is 4.98 Å². The summed E-state index contributed by atoms with van der Waals surface area (Å²) in [5.74, 6) is 2.30. The first-order valence-corrected chi connectivity index (χ1v) is 11.2. The Balaban J connectivity index is 1.57. The van der Waals surface area contributed by atoms with E-state index < -0.39 is 0 Å². The van der Waals surface area contributed by atoms with Gasteiger partial charge in [0.2, 0.25) is 12.6 Å². The Hall–Kier alpha value is -3.65. The van der Waals surface area contributed by atoms with Gasteiger partial charge in [0.15, 0.2) is 16.6 Å². The SMILES string of the molecule is C=CCN1C(=S)NC(c2ccc(CC)cc2)C(c2nc(-c3ccc4c(c3)OCO4)no2)=C1C. The van der Waals surface area contributed by atoms with Crippen LogP contribution in [0.1, 0.15) is 36.9 Å². The minimum atomic E-state index is -0.213. The quantitative estimate of drug-likeness (QED) is 0.412. The molecule has 1 N–H and O–H groups in total. The number of aryl methyl sites for hydroxylation is 1. The Morgan fingerprint density at radius 3 is 2.73 bits per heavy atom. The third-order valence-electron chi connectivity index (χ3n) is 5.92. The molecular weight excluding hydrogens is 436 g/mol. The van der Waals surface area contributed by atoms with Gasteiger partial charge in [-0.25, -0.2) is 0 Å². The van der Waals surface area contributed by atoms with Crippen molar-refractivity contribution in [1.29, 1.82) is 0 Å². The topological polar surface area (TPSA) is 72.7 Å². The van der Waals surface area contributed by atoms with Crippen molar-refractivity contribution in [3.63, 3.8) is 0 Å². The molecule has 2 aliphatic heterocycles. The van der Waals surface area contributed by atoms with Gasteiger partial charge in [-0.15, -0.1) is 6.58 Å². The van der Waals surface area contributed by atoms with E-state index in [1.165, 1.54) is 5.56 Å². The van der Waals surface area contributed by atoms with Crippen LogP contribution in [0.2, 0.25) is 0 Å². The lowest BCUT2D eigenvalue weighted by Crippen LogP contribution is -2.45. The molecule has 168 valence electrons. The number of allylic oxidation sites excluding steroid dienone is 1. The first-order valence-electron chi connectivity index (χ1n) is 10.8. The lowest BCUT2D eigenvalue weighted by molar-refractivity contribution is 0.174. The third kappa shape index (κ3) is 3.87. The molecule has 0 fully saturated rings. The van der Waals surface area contributed by atoms with Crippen LogP contribution in [0.25, 0.3) is 17.0 Å². The van der Waals surface area contributed by atoms with Gasteiger partial charge in [-0.05, 0) is 54.9 Å². The highest BCUT2D eigenvalue weighted by atomic mass is 32.1. The van der Waals surface area contributed by atoms with Crippen molar-refractivity contribution >= 4 is 22.9 Å². The molecule has 0 bridgehead atoms. The summed E-state index contributed by atoms with van der Waals surface area (Å²) in [5.41, 5.74) is 4.97. The number of hydrogen-bond acceptors (Lipinski definition) is 6. The number of nitrogens with zero attached hydrogens (tertiary/aromatic N) is 3. The van der Waals surface area contributed by atoms with Crippen molar-refractivity contribution in [2.75, 3.05) is 13.3 Å². The maximum atomic E-state index is 5.78. The molecular formula is C25H24N4O3S. The van der Waals surface area contributed by atoms with Crippen LogP contribution in [0.3, 0.4) is 0 Å². The third-order valence-corrected chi connectivity index (χ3v) is 6.25. The summed E-state index contributed by atoms with van der Waals surface area (Å²) in [4.78, 5) is 6.73. The molecule has 3 aromatic rings. The fraction of sp³-hybridized carbons (Fsp3) is 0.240. The second kappa shape index (κ2) is 8.71. The van der Waals surface area contributed by atoms with Crippen molar-refractivity contribution in [2.24, 2.45) is 0 Å². The Bertz CT molecular complexity index is 1250. The second-order valence-electron chi connectivity index (χ2n) is 7.87. The van der Waals surface area contributed by atoms with Crippen LogP contribution in [0.4, 0.5) is 0 Å². The van der Waals surface area contributed by atoms with Crippen molar-refractivity contribution in [1.82, 2.24) is 20.4 Å². The summed E-state index contributed by atoms with van der Waals surface area (Å²) >= 11 is 5.67. The number of fused-ring (bicyclic) bond motifs is 1. The molecule has 5 rings (SSSR count). The van der Waals surface area contributed by atoms with Gasteiger partial charge in [0.25, 0.3) is 5.89 Å². The number of benzene rings is 2. The summed E-state index contributed by atoms with van der Waals surface area (Å²) in [6.45, 7) is 8.81. The first kappa shape index (κ1) is 21.2. The zero-order chi connectivity index (χ0) is 22.9. The summed E-state index contributed by atoms with van der Waals surface area (Å²) in [7, 11) is 0. The minimum absolute atomic E-state index is 0.213. The lowest BCUT2D eigenvalue weighted by atomic mass is 9.94. The predicted octanol–water partition coefficient (Wildman–Crippen LogP) is 4.88. The molecule has 8 heteroatoms. The summed E-state index contributed by atoms with van der Waals surface area (Å²) < 4.78 is 16.7. The first-order chi connectivity index (χ1) is 16.1. The molecule has 0 radical (unpaired) electrons. The van der Waals surface area contributed by atoms with Gasteiger partial charge in [-0.3, -0.25) is 0 Å². The zero-order valence-corrected chi connectivity index (χ0v) is 19.3. The fourth-order valence-corrected chi connectivity index (χ4v) is 4.42. The van der Waals surface area contributed by atoms with Crippen molar-refractivity contribution in [3.8, 4) is 22.9 Å². The summed E-state index contributed by atoms with van der Waals surface area (Å²) in [6.07, 6.45) is 2.80. The van der Waals surface area contributed by atoms with Gasteiger partial charge >= 0.3 is 0 Å². The number of hydrogen-bond donors (Lipinski definition) is 1. The van der Waals surface area contributed by atoms with E-state index in [0.717, 1.165) is 28.8 Å². The molecule has 1 aromatic heterocycles. The van der Waals surface area contributed by atoms with Gasteiger partial charge in [0.1, 0.15) is 0 Å². The van der Waals surface area contributed by atoms with E-state index in [4.69, 9.17) is 31.2 Å². The van der Waals surface area contributed by atoms with E-state index >= 15 is 0 Å². The zero-order valence-electron chi connectivity index (χ0n) is 18.5. The molecule has 2 aliphatic rings. The number of aromatic nitrogens is 2. The monoisotopic (exact) mass is 460 g/mol. The van der Waals surface area contributed by atoms with Gasteiger partial charge < -0.3 is 24.2 Å².